The summed E-state index contributed by atoms with van der Waals surface area (Å²) in [5.74, 6) is 0.702. The van der Waals surface area contributed by atoms with Crippen LogP contribution in [0.1, 0.15) is 45.4 Å². The number of sulfonamides is 1. The maximum absolute atomic E-state index is 11.3. The quantitative estimate of drug-likeness (QED) is 0.742. The highest BCUT2D eigenvalue weighted by Crippen LogP contribution is 2.10. The molecule has 0 aliphatic carbocycles. The smallest absolute Gasteiger partial charge is 0.273 e. The predicted octanol–water partition coefficient (Wildman–Crippen LogP) is 1.07. The zero-order valence-electron chi connectivity index (χ0n) is 10.4. The lowest BCUT2D eigenvalue weighted by Crippen LogP contribution is -2.19. The second kappa shape index (κ2) is 6.11. The van der Waals surface area contributed by atoms with Gasteiger partial charge in [-0.1, -0.05) is 26.2 Å². The van der Waals surface area contributed by atoms with Crippen LogP contribution in [0.3, 0.4) is 0 Å². The zero-order chi connectivity index (χ0) is 12.9. The van der Waals surface area contributed by atoms with Crippen molar-refractivity contribution in [2.45, 2.75) is 57.7 Å². The molecule has 17 heavy (non-hydrogen) atoms. The third-order valence-corrected chi connectivity index (χ3v) is 3.43. The SMILES string of the molecule is CCCCCCc1nnc(S(N)(=O)=O)n1CC. The number of primary sulfonamides is 1. The highest BCUT2D eigenvalue weighted by Gasteiger charge is 2.19. The van der Waals surface area contributed by atoms with Gasteiger partial charge in [-0.3, -0.25) is 0 Å². The lowest BCUT2D eigenvalue weighted by atomic mass is 10.1. The van der Waals surface area contributed by atoms with Crippen molar-refractivity contribution in [1.82, 2.24) is 14.8 Å². The van der Waals surface area contributed by atoms with E-state index in [1.54, 1.807) is 4.57 Å². The molecular weight excluding hydrogens is 240 g/mol. The van der Waals surface area contributed by atoms with E-state index in [2.05, 4.69) is 17.1 Å². The summed E-state index contributed by atoms with van der Waals surface area (Å²) in [7, 11) is -3.77. The Bertz CT molecular complexity index is 453. The number of hydrogen-bond acceptors (Lipinski definition) is 4. The van der Waals surface area contributed by atoms with Gasteiger partial charge in [-0.05, 0) is 13.3 Å². The van der Waals surface area contributed by atoms with E-state index < -0.39 is 10.0 Å². The lowest BCUT2D eigenvalue weighted by Gasteiger charge is -2.05. The van der Waals surface area contributed by atoms with Crippen molar-refractivity contribution in [3.05, 3.63) is 5.82 Å². The molecule has 1 rings (SSSR count). The van der Waals surface area contributed by atoms with Crippen LogP contribution in [-0.4, -0.2) is 23.2 Å². The van der Waals surface area contributed by atoms with Crippen molar-refractivity contribution in [3.8, 4) is 0 Å². The number of nitrogens with two attached hydrogens (primary N) is 1. The first-order valence-corrected chi connectivity index (χ1v) is 7.50. The number of hydrogen-bond donors (Lipinski definition) is 1. The molecule has 0 aliphatic heterocycles. The summed E-state index contributed by atoms with van der Waals surface area (Å²) in [5.41, 5.74) is 0. The van der Waals surface area contributed by atoms with Gasteiger partial charge in [0.1, 0.15) is 5.82 Å². The Labute approximate surface area is 102 Å². The summed E-state index contributed by atoms with van der Waals surface area (Å²) in [4.78, 5) is 0. The molecule has 6 nitrogen and oxygen atoms in total. The van der Waals surface area contributed by atoms with Gasteiger partial charge in [0.25, 0.3) is 15.2 Å². The van der Waals surface area contributed by atoms with E-state index >= 15 is 0 Å². The van der Waals surface area contributed by atoms with Crippen LogP contribution >= 0.6 is 0 Å². The van der Waals surface area contributed by atoms with Crippen molar-refractivity contribution < 1.29 is 8.42 Å². The molecule has 0 unspecified atom stereocenters. The average Bonchev–Trinajstić information content (AvgIpc) is 2.67. The van der Waals surface area contributed by atoms with Crippen LogP contribution in [0.5, 0.6) is 0 Å². The Morgan fingerprint density at radius 1 is 1.18 bits per heavy atom. The molecule has 0 fully saturated rings. The first kappa shape index (κ1) is 14.1. The van der Waals surface area contributed by atoms with E-state index in [9.17, 15) is 8.42 Å². The molecule has 1 aromatic rings. The van der Waals surface area contributed by atoms with Crippen LogP contribution < -0.4 is 5.14 Å². The maximum atomic E-state index is 11.3. The minimum Gasteiger partial charge on any atom is -0.301 e. The van der Waals surface area contributed by atoms with E-state index in [4.69, 9.17) is 5.14 Å². The van der Waals surface area contributed by atoms with Gasteiger partial charge in [-0.2, -0.15) is 0 Å². The molecule has 0 atom stereocenters. The van der Waals surface area contributed by atoms with Crippen molar-refractivity contribution in [2.75, 3.05) is 0 Å². The van der Waals surface area contributed by atoms with E-state index in [0.29, 0.717) is 12.4 Å². The molecule has 0 aromatic carbocycles. The molecule has 0 bridgehead atoms. The Hall–Kier alpha value is -0.950. The Morgan fingerprint density at radius 3 is 2.41 bits per heavy atom. The largest absolute Gasteiger partial charge is 0.301 e. The molecule has 0 aliphatic rings. The summed E-state index contributed by atoms with van der Waals surface area (Å²) < 4.78 is 24.1. The standard InChI is InChI=1S/C10H20N4O2S/c1-3-5-6-7-8-9-12-13-10(14(9)4-2)17(11,15)16/h3-8H2,1-2H3,(H2,11,15,16). The van der Waals surface area contributed by atoms with E-state index in [-0.39, 0.29) is 5.16 Å². The summed E-state index contributed by atoms with van der Waals surface area (Å²) >= 11 is 0. The van der Waals surface area contributed by atoms with Crippen molar-refractivity contribution in [1.29, 1.82) is 0 Å². The van der Waals surface area contributed by atoms with Crippen molar-refractivity contribution in [3.63, 3.8) is 0 Å². The van der Waals surface area contributed by atoms with Crippen LogP contribution in [0.2, 0.25) is 0 Å². The molecule has 0 spiro atoms. The first-order chi connectivity index (χ1) is 8.00. The van der Waals surface area contributed by atoms with Gasteiger partial charge in [0.2, 0.25) is 0 Å². The fourth-order valence-corrected chi connectivity index (χ4v) is 2.44. The normalized spacial score (nSPS) is 11.9. The van der Waals surface area contributed by atoms with Gasteiger partial charge in [0.05, 0.1) is 0 Å². The summed E-state index contributed by atoms with van der Waals surface area (Å²) in [6.45, 7) is 4.52. The second-order valence-corrected chi connectivity index (χ2v) is 5.45. The number of nitrogens with zero attached hydrogens (tertiary/aromatic N) is 3. The van der Waals surface area contributed by atoms with Gasteiger partial charge in [0.15, 0.2) is 0 Å². The first-order valence-electron chi connectivity index (χ1n) is 5.95. The summed E-state index contributed by atoms with van der Waals surface area (Å²) in [6, 6.07) is 0. The third-order valence-electron chi connectivity index (χ3n) is 2.62. The van der Waals surface area contributed by atoms with E-state index in [1.165, 1.54) is 12.8 Å². The monoisotopic (exact) mass is 260 g/mol. The molecule has 2 N–H and O–H groups in total. The van der Waals surface area contributed by atoms with Crippen LogP contribution in [0.15, 0.2) is 5.16 Å². The van der Waals surface area contributed by atoms with Gasteiger partial charge >= 0.3 is 0 Å². The molecule has 0 radical (unpaired) electrons. The van der Waals surface area contributed by atoms with Crippen LogP contribution in [-0.2, 0) is 23.0 Å². The van der Waals surface area contributed by atoms with Crippen LogP contribution in [0, 0.1) is 0 Å². The highest BCUT2D eigenvalue weighted by molar-refractivity contribution is 7.89. The van der Waals surface area contributed by atoms with Gasteiger partial charge in [-0.25, -0.2) is 13.6 Å². The third kappa shape index (κ3) is 3.78. The van der Waals surface area contributed by atoms with E-state index in [1.807, 2.05) is 6.92 Å². The number of aromatic nitrogens is 3. The number of unbranched alkanes of at least 4 members (excludes halogenated alkanes) is 3. The molecule has 1 aromatic heterocycles. The Morgan fingerprint density at radius 2 is 1.88 bits per heavy atom. The molecular formula is C10H20N4O2S. The number of aryl methyl sites for hydroxylation is 1. The predicted molar refractivity (Wildman–Crippen MR) is 64.9 cm³/mol. The van der Waals surface area contributed by atoms with Crippen molar-refractivity contribution >= 4 is 10.0 Å². The molecule has 0 saturated carbocycles. The second-order valence-electron chi connectivity index (χ2n) is 4.00. The van der Waals surface area contributed by atoms with Crippen LogP contribution in [0.4, 0.5) is 0 Å². The van der Waals surface area contributed by atoms with Gasteiger partial charge in [0, 0.05) is 13.0 Å². The number of rotatable bonds is 7. The van der Waals surface area contributed by atoms with Gasteiger partial charge < -0.3 is 4.57 Å². The lowest BCUT2D eigenvalue weighted by molar-refractivity contribution is 0.558. The average molecular weight is 260 g/mol. The molecule has 0 amide bonds. The van der Waals surface area contributed by atoms with Crippen molar-refractivity contribution in [2.24, 2.45) is 5.14 Å². The Kier molecular flexibility index (Phi) is 5.07. The topological polar surface area (TPSA) is 90.9 Å². The Balaban J connectivity index is 2.77. The fourth-order valence-electron chi connectivity index (χ4n) is 1.74. The molecule has 1 heterocycles. The molecule has 0 saturated heterocycles. The summed E-state index contributed by atoms with van der Waals surface area (Å²) in [6.07, 6.45) is 5.22. The molecule has 98 valence electrons. The van der Waals surface area contributed by atoms with Gasteiger partial charge in [-0.15, -0.1) is 10.2 Å². The zero-order valence-corrected chi connectivity index (χ0v) is 11.2. The van der Waals surface area contributed by atoms with Crippen LogP contribution in [0.25, 0.3) is 0 Å². The molecule has 7 heteroatoms. The minimum absolute atomic E-state index is 0.134. The minimum atomic E-state index is -3.77. The summed E-state index contributed by atoms with van der Waals surface area (Å²) in [5, 5.41) is 12.5. The van der Waals surface area contributed by atoms with E-state index in [0.717, 1.165) is 19.3 Å². The highest BCUT2D eigenvalue weighted by atomic mass is 32.2. The fraction of sp³-hybridized carbons (Fsp3) is 0.800. The maximum Gasteiger partial charge on any atom is 0.273 e.